The Hall–Kier alpha value is -0.0800. The van der Waals surface area contributed by atoms with Crippen molar-refractivity contribution >= 4 is 0 Å². The molecule has 2 saturated heterocycles. The fraction of sp³-hybridized carbons (Fsp3) is 1.00. The largest absolute Gasteiger partial charge is 0.366 e. The maximum atomic E-state index is 5.96. The molecule has 0 radical (unpaired) electrons. The molecule has 0 amide bonds. The summed E-state index contributed by atoms with van der Waals surface area (Å²) in [7, 11) is 0. The number of hydrogen-bond acceptors (Lipinski definition) is 2. The first kappa shape index (κ1) is 11.7. The number of epoxide rings is 2. The predicted molar refractivity (Wildman–Crippen MR) is 70.3 cm³/mol. The van der Waals surface area contributed by atoms with Gasteiger partial charge in [-0.1, -0.05) is 13.8 Å². The van der Waals surface area contributed by atoms with Crippen molar-refractivity contribution < 1.29 is 9.47 Å². The fourth-order valence-corrected chi connectivity index (χ4v) is 5.40. The van der Waals surface area contributed by atoms with Crippen LogP contribution >= 0.6 is 0 Å². The molecule has 2 nitrogen and oxygen atoms in total. The van der Waals surface area contributed by atoms with Crippen LogP contribution in [-0.2, 0) is 9.47 Å². The topological polar surface area (TPSA) is 25.1 Å². The van der Waals surface area contributed by atoms with Gasteiger partial charge in [-0.2, -0.15) is 0 Å². The standard InChI is InChI=1S/C16H26O2/c1-9-5-11(7-15(3)13(9)17-15)12-6-10(2)14-16(4,8-12)18-14/h9-14H,5-8H2,1-4H3. The minimum atomic E-state index is 0.230. The average Bonchev–Trinajstić information content (AvgIpc) is 3.12. The van der Waals surface area contributed by atoms with Gasteiger partial charge in [-0.15, -0.1) is 0 Å². The van der Waals surface area contributed by atoms with Gasteiger partial charge in [0, 0.05) is 0 Å². The molecule has 0 bridgehead atoms. The molecule has 2 aliphatic carbocycles. The van der Waals surface area contributed by atoms with Crippen molar-refractivity contribution in [2.75, 3.05) is 0 Å². The first-order valence-electron chi connectivity index (χ1n) is 7.77. The van der Waals surface area contributed by atoms with Gasteiger partial charge < -0.3 is 9.47 Å². The van der Waals surface area contributed by atoms with E-state index in [0.29, 0.717) is 12.2 Å². The lowest BCUT2D eigenvalue weighted by Gasteiger charge is -2.38. The van der Waals surface area contributed by atoms with Crippen LogP contribution in [0.25, 0.3) is 0 Å². The summed E-state index contributed by atoms with van der Waals surface area (Å²) in [6, 6.07) is 0. The Labute approximate surface area is 110 Å². The van der Waals surface area contributed by atoms with Gasteiger partial charge in [-0.3, -0.25) is 0 Å². The highest BCUT2D eigenvalue weighted by Gasteiger charge is 2.63. The zero-order valence-corrected chi connectivity index (χ0v) is 12.1. The van der Waals surface area contributed by atoms with Crippen LogP contribution in [0, 0.1) is 23.7 Å². The summed E-state index contributed by atoms with van der Waals surface area (Å²) in [6.07, 6.45) is 6.46. The van der Waals surface area contributed by atoms with Crippen LogP contribution in [0.3, 0.4) is 0 Å². The number of rotatable bonds is 1. The van der Waals surface area contributed by atoms with Gasteiger partial charge in [-0.05, 0) is 63.2 Å². The van der Waals surface area contributed by atoms with E-state index >= 15 is 0 Å². The van der Waals surface area contributed by atoms with Crippen molar-refractivity contribution in [1.29, 1.82) is 0 Å². The Bertz CT molecular complexity index is 345. The van der Waals surface area contributed by atoms with E-state index in [-0.39, 0.29) is 11.2 Å². The van der Waals surface area contributed by atoms with Crippen LogP contribution in [0.15, 0.2) is 0 Å². The maximum absolute atomic E-state index is 5.96. The predicted octanol–water partition coefficient (Wildman–Crippen LogP) is 3.39. The van der Waals surface area contributed by atoms with Crippen molar-refractivity contribution in [2.24, 2.45) is 23.7 Å². The van der Waals surface area contributed by atoms with Crippen LogP contribution in [0.4, 0.5) is 0 Å². The first-order valence-corrected chi connectivity index (χ1v) is 7.77. The Morgan fingerprint density at radius 2 is 1.17 bits per heavy atom. The molecule has 4 aliphatic rings. The van der Waals surface area contributed by atoms with Crippen LogP contribution < -0.4 is 0 Å². The van der Waals surface area contributed by atoms with E-state index in [0.717, 1.165) is 23.7 Å². The summed E-state index contributed by atoms with van der Waals surface area (Å²) in [5, 5.41) is 0. The van der Waals surface area contributed by atoms with Crippen molar-refractivity contribution in [2.45, 2.75) is 76.8 Å². The summed E-state index contributed by atoms with van der Waals surface area (Å²) in [4.78, 5) is 0. The molecule has 8 unspecified atom stereocenters. The van der Waals surface area contributed by atoms with Crippen LogP contribution in [-0.4, -0.2) is 23.4 Å². The Balaban J connectivity index is 1.50. The molecule has 4 rings (SSSR count). The molecule has 0 N–H and O–H groups in total. The van der Waals surface area contributed by atoms with E-state index in [2.05, 4.69) is 27.7 Å². The zero-order valence-electron chi connectivity index (χ0n) is 12.1. The van der Waals surface area contributed by atoms with E-state index in [4.69, 9.17) is 9.47 Å². The fourth-order valence-electron chi connectivity index (χ4n) is 5.40. The smallest absolute Gasteiger partial charge is 0.0926 e. The molecule has 0 aromatic carbocycles. The number of ether oxygens (including phenoxy) is 2. The van der Waals surface area contributed by atoms with Crippen molar-refractivity contribution in [3.63, 3.8) is 0 Å². The monoisotopic (exact) mass is 250 g/mol. The lowest BCUT2D eigenvalue weighted by atomic mass is 9.64. The molecule has 2 aliphatic heterocycles. The molecule has 8 atom stereocenters. The van der Waals surface area contributed by atoms with Gasteiger partial charge in [0.1, 0.15) is 0 Å². The second kappa shape index (κ2) is 3.32. The van der Waals surface area contributed by atoms with E-state index in [1.165, 1.54) is 25.7 Å². The summed E-state index contributed by atoms with van der Waals surface area (Å²) < 4.78 is 11.9. The second-order valence-electron chi connectivity index (χ2n) is 8.06. The third-order valence-electron chi connectivity index (χ3n) is 6.27. The molecule has 2 heteroatoms. The lowest BCUT2D eigenvalue weighted by Crippen LogP contribution is -2.37. The highest BCUT2D eigenvalue weighted by molar-refractivity contribution is 5.11. The van der Waals surface area contributed by atoms with Gasteiger partial charge in [0.05, 0.1) is 23.4 Å². The summed E-state index contributed by atoms with van der Waals surface area (Å²) in [6.45, 7) is 9.41. The Morgan fingerprint density at radius 1 is 0.778 bits per heavy atom. The lowest BCUT2D eigenvalue weighted by molar-refractivity contribution is 0.135. The van der Waals surface area contributed by atoms with Gasteiger partial charge in [0.25, 0.3) is 0 Å². The second-order valence-corrected chi connectivity index (χ2v) is 8.06. The first-order chi connectivity index (χ1) is 8.41. The molecule has 18 heavy (non-hydrogen) atoms. The molecule has 0 spiro atoms. The highest BCUT2D eigenvalue weighted by Crippen LogP contribution is 2.59. The van der Waals surface area contributed by atoms with Crippen molar-refractivity contribution in [3.05, 3.63) is 0 Å². The molecule has 4 fully saturated rings. The molecule has 102 valence electrons. The van der Waals surface area contributed by atoms with Gasteiger partial charge >= 0.3 is 0 Å². The van der Waals surface area contributed by atoms with Gasteiger partial charge in [0.15, 0.2) is 0 Å². The summed E-state index contributed by atoms with van der Waals surface area (Å²) in [5.41, 5.74) is 0.460. The number of hydrogen-bond donors (Lipinski definition) is 0. The van der Waals surface area contributed by atoms with Crippen LogP contribution in [0.2, 0.25) is 0 Å². The maximum Gasteiger partial charge on any atom is 0.0926 e. The molecular weight excluding hydrogens is 224 g/mol. The third kappa shape index (κ3) is 1.54. The highest BCUT2D eigenvalue weighted by atomic mass is 16.6. The summed E-state index contributed by atoms with van der Waals surface area (Å²) in [5.74, 6) is 3.26. The molecule has 2 saturated carbocycles. The Morgan fingerprint density at radius 3 is 1.50 bits per heavy atom. The van der Waals surface area contributed by atoms with E-state index in [1.54, 1.807) is 0 Å². The van der Waals surface area contributed by atoms with E-state index < -0.39 is 0 Å². The quantitative estimate of drug-likeness (QED) is 0.666. The third-order valence-corrected chi connectivity index (χ3v) is 6.27. The average molecular weight is 250 g/mol. The normalized spacial score (nSPS) is 66.0. The Kier molecular flexibility index (Phi) is 2.16. The van der Waals surface area contributed by atoms with E-state index in [1.807, 2.05) is 0 Å². The SMILES string of the molecule is CC1CC(C2CC(C)C3OC3(C)C2)CC2(C)OC12. The zero-order chi connectivity index (χ0) is 12.7. The summed E-state index contributed by atoms with van der Waals surface area (Å²) >= 11 is 0. The minimum Gasteiger partial charge on any atom is -0.366 e. The molecule has 0 aromatic rings. The van der Waals surface area contributed by atoms with Gasteiger partial charge in [0.2, 0.25) is 0 Å². The molecular formula is C16H26O2. The van der Waals surface area contributed by atoms with Crippen LogP contribution in [0.5, 0.6) is 0 Å². The van der Waals surface area contributed by atoms with E-state index in [9.17, 15) is 0 Å². The van der Waals surface area contributed by atoms with Crippen molar-refractivity contribution in [3.8, 4) is 0 Å². The van der Waals surface area contributed by atoms with Crippen LogP contribution in [0.1, 0.15) is 53.4 Å². The van der Waals surface area contributed by atoms with Gasteiger partial charge in [-0.25, -0.2) is 0 Å². The number of fused-ring (bicyclic) bond motifs is 2. The molecule has 0 aromatic heterocycles. The minimum absolute atomic E-state index is 0.230. The van der Waals surface area contributed by atoms with Crippen molar-refractivity contribution in [1.82, 2.24) is 0 Å². The molecule has 2 heterocycles.